The summed E-state index contributed by atoms with van der Waals surface area (Å²) >= 11 is 0. The average molecular weight is 354 g/mol. The first-order valence-electron chi connectivity index (χ1n) is 8.08. The summed E-state index contributed by atoms with van der Waals surface area (Å²) in [6.45, 7) is 2.12. The number of nitriles is 1. The van der Waals surface area contributed by atoms with E-state index in [2.05, 4.69) is 6.92 Å². The van der Waals surface area contributed by atoms with Crippen molar-refractivity contribution in [3.63, 3.8) is 0 Å². The lowest BCUT2D eigenvalue weighted by molar-refractivity contribution is 0.103. The van der Waals surface area contributed by atoms with Crippen molar-refractivity contribution in [2.75, 3.05) is 5.73 Å². The van der Waals surface area contributed by atoms with Gasteiger partial charge in [-0.15, -0.1) is 0 Å². The molecule has 0 bridgehead atoms. The molecule has 8 nitrogen and oxygen atoms in total. The van der Waals surface area contributed by atoms with Gasteiger partial charge in [0.15, 0.2) is 0 Å². The van der Waals surface area contributed by atoms with Crippen LogP contribution in [0.2, 0.25) is 0 Å². The van der Waals surface area contributed by atoms with Gasteiger partial charge >= 0.3 is 5.69 Å². The molecule has 134 valence electrons. The third kappa shape index (κ3) is 2.77. The Morgan fingerprint density at radius 3 is 2.58 bits per heavy atom. The molecular formula is C18H18N4O4. The Labute approximate surface area is 148 Å². The maximum absolute atomic E-state index is 12.7. The van der Waals surface area contributed by atoms with Gasteiger partial charge in [-0.3, -0.25) is 18.7 Å². The topological polar surface area (TPSA) is 124 Å². The number of hydrogen-bond donors (Lipinski definition) is 1. The fraction of sp³-hybridized carbons (Fsp3) is 0.333. The number of rotatable bonds is 4. The molecule has 2 aromatic rings. The van der Waals surface area contributed by atoms with Crippen molar-refractivity contribution < 1.29 is 9.21 Å². The number of nitrogens with two attached hydrogens (primary N) is 1. The molecule has 1 fully saturated rings. The van der Waals surface area contributed by atoms with Gasteiger partial charge in [0.25, 0.3) is 5.56 Å². The van der Waals surface area contributed by atoms with E-state index in [-0.39, 0.29) is 11.4 Å². The van der Waals surface area contributed by atoms with Crippen molar-refractivity contribution in [3.8, 4) is 6.07 Å². The molecule has 2 N–H and O–H groups in total. The molecule has 0 amide bonds. The highest BCUT2D eigenvalue weighted by Crippen LogP contribution is 2.47. The molecular weight excluding hydrogens is 336 g/mol. The third-order valence-electron chi connectivity index (χ3n) is 4.71. The van der Waals surface area contributed by atoms with Crippen molar-refractivity contribution in [2.45, 2.75) is 19.3 Å². The van der Waals surface area contributed by atoms with Gasteiger partial charge in [0, 0.05) is 26.1 Å². The summed E-state index contributed by atoms with van der Waals surface area (Å²) in [4.78, 5) is 36.9. The van der Waals surface area contributed by atoms with Gasteiger partial charge in [0.1, 0.15) is 34.5 Å². The molecule has 26 heavy (non-hydrogen) atoms. The second-order valence-electron chi connectivity index (χ2n) is 6.52. The van der Waals surface area contributed by atoms with Crippen molar-refractivity contribution in [3.05, 3.63) is 55.6 Å². The van der Waals surface area contributed by atoms with Crippen LogP contribution in [0.5, 0.6) is 0 Å². The molecule has 2 aromatic heterocycles. The van der Waals surface area contributed by atoms with Crippen molar-refractivity contribution >= 4 is 17.7 Å². The summed E-state index contributed by atoms with van der Waals surface area (Å²) in [6.07, 6.45) is 2.33. The minimum Gasteiger partial charge on any atom is -0.461 e. The number of carbonyl (C=O) groups excluding carboxylic acids is 1. The number of aromatic nitrogens is 2. The second-order valence-corrected chi connectivity index (χ2v) is 6.52. The summed E-state index contributed by atoms with van der Waals surface area (Å²) in [6, 6.07) is 5.27. The fourth-order valence-electron chi connectivity index (χ4n) is 2.86. The van der Waals surface area contributed by atoms with Crippen LogP contribution in [0.3, 0.4) is 0 Å². The summed E-state index contributed by atoms with van der Waals surface area (Å²) in [5.74, 6) is 0.957. The Bertz CT molecular complexity index is 1090. The van der Waals surface area contributed by atoms with E-state index in [0.29, 0.717) is 17.6 Å². The van der Waals surface area contributed by atoms with Crippen molar-refractivity contribution in [1.82, 2.24) is 9.13 Å². The van der Waals surface area contributed by atoms with Gasteiger partial charge in [-0.05, 0) is 24.5 Å². The molecule has 0 saturated heterocycles. The van der Waals surface area contributed by atoms with Crippen LogP contribution in [0.4, 0.5) is 5.82 Å². The van der Waals surface area contributed by atoms with Gasteiger partial charge < -0.3 is 10.2 Å². The lowest BCUT2D eigenvalue weighted by atomic mass is 10.1. The Morgan fingerprint density at radius 2 is 2.00 bits per heavy atom. The first kappa shape index (κ1) is 17.5. The molecule has 0 spiro atoms. The largest absolute Gasteiger partial charge is 0.461 e. The molecule has 0 aliphatic heterocycles. The summed E-state index contributed by atoms with van der Waals surface area (Å²) < 4.78 is 7.44. The zero-order chi connectivity index (χ0) is 19.2. The summed E-state index contributed by atoms with van der Waals surface area (Å²) in [7, 11) is 2.59. The zero-order valence-corrected chi connectivity index (χ0v) is 14.6. The summed E-state index contributed by atoms with van der Waals surface area (Å²) in [5, 5.41) is 9.37. The number of nitrogens with zero attached hydrogens (tertiary/aromatic N) is 3. The van der Waals surface area contributed by atoms with Crippen LogP contribution in [-0.4, -0.2) is 14.9 Å². The van der Waals surface area contributed by atoms with Crippen molar-refractivity contribution in [1.29, 1.82) is 5.26 Å². The minimum atomic E-state index is -0.848. The molecule has 2 atom stereocenters. The maximum Gasteiger partial charge on any atom is 0.332 e. The average Bonchev–Trinajstić information content (AvgIpc) is 3.17. The van der Waals surface area contributed by atoms with E-state index in [4.69, 9.17) is 10.2 Å². The van der Waals surface area contributed by atoms with E-state index in [1.54, 1.807) is 12.1 Å². The van der Waals surface area contributed by atoms with Crippen LogP contribution in [0.1, 0.15) is 41.1 Å². The normalized spacial score (nSPS) is 19.2. The van der Waals surface area contributed by atoms with Gasteiger partial charge in [0.05, 0.1) is 0 Å². The first-order chi connectivity index (χ1) is 12.3. The van der Waals surface area contributed by atoms with Crippen LogP contribution in [0.15, 0.2) is 31.7 Å². The zero-order valence-electron chi connectivity index (χ0n) is 14.6. The molecule has 1 aliphatic rings. The van der Waals surface area contributed by atoms with E-state index in [1.165, 1.54) is 20.2 Å². The van der Waals surface area contributed by atoms with E-state index in [0.717, 1.165) is 21.3 Å². The quantitative estimate of drug-likeness (QED) is 0.499. The Kier molecular flexibility index (Phi) is 4.16. The van der Waals surface area contributed by atoms with Gasteiger partial charge in [-0.1, -0.05) is 6.92 Å². The number of carbonyl (C=O) groups is 1. The molecule has 1 saturated carbocycles. The van der Waals surface area contributed by atoms with Crippen LogP contribution in [0.25, 0.3) is 6.08 Å². The van der Waals surface area contributed by atoms with Crippen LogP contribution in [-0.2, 0) is 14.1 Å². The van der Waals surface area contributed by atoms with Crippen LogP contribution < -0.4 is 17.0 Å². The van der Waals surface area contributed by atoms with Crippen molar-refractivity contribution in [2.24, 2.45) is 20.0 Å². The third-order valence-corrected chi connectivity index (χ3v) is 4.71. The second kappa shape index (κ2) is 6.19. The van der Waals surface area contributed by atoms with Gasteiger partial charge in [-0.25, -0.2) is 4.79 Å². The van der Waals surface area contributed by atoms with Gasteiger partial charge in [-0.2, -0.15) is 5.26 Å². The highest BCUT2D eigenvalue weighted by Gasteiger charge is 2.36. The van der Waals surface area contributed by atoms with Gasteiger partial charge in [0.2, 0.25) is 5.78 Å². The SMILES string of the molecule is C[C@@H]1C[C@@H]1c1ccc(/C=C(\C#N)C(=O)c2c(N)n(C)c(=O)n(C)c2=O)o1. The Morgan fingerprint density at radius 1 is 1.35 bits per heavy atom. The van der Waals surface area contributed by atoms with Crippen LogP contribution >= 0.6 is 0 Å². The van der Waals surface area contributed by atoms with Crippen LogP contribution in [0, 0.1) is 17.2 Å². The van der Waals surface area contributed by atoms with E-state index >= 15 is 0 Å². The standard InChI is InChI=1S/C18H18N4O4/c1-9-6-12(9)13-5-4-11(26-13)7-10(8-19)15(23)14-16(20)21(2)18(25)22(3)17(14)24/h4-5,7,9,12H,6,20H2,1-3H3/b10-7+/t9-,12+/m1/s1. The van der Waals surface area contributed by atoms with E-state index in [9.17, 15) is 19.6 Å². The molecule has 0 unspecified atom stereocenters. The highest BCUT2D eigenvalue weighted by molar-refractivity contribution is 6.15. The van der Waals surface area contributed by atoms with E-state index < -0.39 is 22.6 Å². The summed E-state index contributed by atoms with van der Waals surface area (Å²) in [5.41, 5.74) is 3.57. The molecule has 8 heteroatoms. The highest BCUT2D eigenvalue weighted by atomic mass is 16.3. The smallest absolute Gasteiger partial charge is 0.332 e. The fourth-order valence-corrected chi connectivity index (χ4v) is 2.86. The molecule has 1 aliphatic carbocycles. The predicted molar refractivity (Wildman–Crippen MR) is 94.5 cm³/mol. The molecule has 0 radical (unpaired) electrons. The number of Topliss-reactive ketones (excluding diaryl/α,β-unsaturated/α-hetero) is 1. The number of furan rings is 1. The monoisotopic (exact) mass is 354 g/mol. The Hall–Kier alpha value is -3.34. The number of nitrogen functional groups attached to an aromatic ring is 1. The lowest BCUT2D eigenvalue weighted by Gasteiger charge is -2.10. The molecule has 3 rings (SSSR count). The number of allylic oxidation sites excluding steroid dienone is 1. The molecule has 2 heterocycles. The predicted octanol–water partition coefficient (Wildman–Crippen LogP) is 1.17. The number of hydrogen-bond acceptors (Lipinski definition) is 6. The Balaban J connectivity index is 2.03. The minimum absolute atomic E-state index is 0.281. The lowest BCUT2D eigenvalue weighted by Crippen LogP contribution is -2.41. The molecule has 0 aromatic carbocycles. The number of ketones is 1. The van der Waals surface area contributed by atoms with E-state index in [1.807, 2.05) is 6.07 Å². The number of anilines is 1. The first-order valence-corrected chi connectivity index (χ1v) is 8.08. The maximum atomic E-state index is 12.7.